The Morgan fingerprint density at radius 3 is 2.82 bits per heavy atom. The van der Waals surface area contributed by atoms with E-state index in [1.54, 1.807) is 10.8 Å². The molecule has 4 rings (SSSR count). The minimum absolute atomic E-state index is 0.278. The van der Waals surface area contributed by atoms with Crippen LogP contribution >= 0.6 is 0 Å². The average Bonchev–Trinajstić information content (AvgIpc) is 3.33. The van der Waals surface area contributed by atoms with Gasteiger partial charge in [-0.15, -0.1) is 0 Å². The molecule has 0 bridgehead atoms. The monoisotopic (exact) mass is 292 g/mol. The molecule has 0 atom stereocenters. The molecule has 5 nitrogen and oxygen atoms in total. The van der Waals surface area contributed by atoms with Crippen LogP contribution < -0.4 is 11.4 Å². The summed E-state index contributed by atoms with van der Waals surface area (Å²) in [4.78, 5) is 20.7. The van der Waals surface area contributed by atoms with Crippen LogP contribution in [0.3, 0.4) is 0 Å². The molecule has 1 saturated carbocycles. The Kier molecular flexibility index (Phi) is 2.76. The number of hydrogen-bond donors (Lipinski definition) is 1. The predicted octanol–water partition coefficient (Wildman–Crippen LogP) is 2.55. The third-order valence-electron chi connectivity index (χ3n) is 4.21. The maximum absolute atomic E-state index is 12.4. The molecule has 1 aromatic carbocycles. The van der Waals surface area contributed by atoms with E-state index in [9.17, 15) is 4.79 Å². The highest BCUT2D eigenvalue weighted by Gasteiger charge is 2.24. The van der Waals surface area contributed by atoms with Gasteiger partial charge in [0.05, 0.1) is 16.9 Å². The number of nitrogens with zero attached hydrogens (tertiary/aromatic N) is 3. The van der Waals surface area contributed by atoms with E-state index in [0.717, 1.165) is 22.3 Å². The molecule has 0 unspecified atom stereocenters. The lowest BCUT2D eigenvalue weighted by molar-refractivity contribution is 0.937. The molecule has 0 aliphatic heterocycles. The summed E-state index contributed by atoms with van der Waals surface area (Å²) in [5, 5.41) is 0.798. The van der Waals surface area contributed by atoms with Gasteiger partial charge < -0.3 is 5.73 Å². The normalized spacial score (nSPS) is 14.4. The fraction of sp³-hybridized carbons (Fsp3) is 0.235. The standard InChI is InChI=1S/C17H16N4O/c1-10-14(3-2-8-19-10)21-15-9-12(11-4-5-11)6-7-13(15)16(18)20-17(21)22/h2-3,6-9,11H,4-5H2,1H3,(H2,18,20,22). The van der Waals surface area contributed by atoms with Gasteiger partial charge in [0.15, 0.2) is 0 Å². The molecule has 2 N–H and O–H groups in total. The first-order chi connectivity index (χ1) is 10.6. The van der Waals surface area contributed by atoms with Crippen LogP contribution in [0.15, 0.2) is 41.3 Å². The van der Waals surface area contributed by atoms with Gasteiger partial charge in [-0.1, -0.05) is 6.07 Å². The van der Waals surface area contributed by atoms with Crippen molar-refractivity contribution in [3.05, 3.63) is 58.3 Å². The minimum atomic E-state index is -0.367. The molecule has 5 heteroatoms. The van der Waals surface area contributed by atoms with Crippen molar-refractivity contribution in [1.29, 1.82) is 0 Å². The van der Waals surface area contributed by atoms with E-state index in [-0.39, 0.29) is 11.5 Å². The Morgan fingerprint density at radius 2 is 2.09 bits per heavy atom. The largest absolute Gasteiger partial charge is 0.383 e. The zero-order valence-electron chi connectivity index (χ0n) is 12.3. The molecule has 1 aliphatic rings. The van der Waals surface area contributed by atoms with Crippen LogP contribution in [0.25, 0.3) is 16.6 Å². The maximum Gasteiger partial charge on any atom is 0.354 e. The number of nitrogen functional groups attached to an aromatic ring is 1. The summed E-state index contributed by atoms with van der Waals surface area (Å²) in [6.07, 6.45) is 4.14. The van der Waals surface area contributed by atoms with Gasteiger partial charge in [-0.05, 0) is 55.5 Å². The molecule has 0 radical (unpaired) electrons. The van der Waals surface area contributed by atoms with Crippen LogP contribution in [0.1, 0.15) is 30.0 Å². The van der Waals surface area contributed by atoms with E-state index < -0.39 is 0 Å². The number of nitrogens with two attached hydrogens (primary N) is 1. The van der Waals surface area contributed by atoms with E-state index in [1.807, 2.05) is 25.1 Å². The number of pyridine rings is 1. The van der Waals surface area contributed by atoms with Crippen LogP contribution in [0.4, 0.5) is 5.82 Å². The second-order valence-electron chi connectivity index (χ2n) is 5.77. The lowest BCUT2D eigenvalue weighted by Crippen LogP contribution is -2.24. The molecule has 0 amide bonds. The van der Waals surface area contributed by atoms with Crippen molar-refractivity contribution in [2.45, 2.75) is 25.7 Å². The van der Waals surface area contributed by atoms with Gasteiger partial charge in [0, 0.05) is 11.6 Å². The molecule has 0 spiro atoms. The van der Waals surface area contributed by atoms with E-state index in [0.29, 0.717) is 5.92 Å². The van der Waals surface area contributed by atoms with Gasteiger partial charge in [-0.25, -0.2) is 4.79 Å². The summed E-state index contributed by atoms with van der Waals surface area (Å²) in [6, 6.07) is 9.82. The number of aromatic nitrogens is 3. The van der Waals surface area contributed by atoms with Crippen LogP contribution in [0.5, 0.6) is 0 Å². The van der Waals surface area contributed by atoms with Crippen molar-refractivity contribution in [3.63, 3.8) is 0 Å². The lowest BCUT2D eigenvalue weighted by atomic mass is 10.1. The number of rotatable bonds is 2. The topological polar surface area (TPSA) is 73.8 Å². The van der Waals surface area contributed by atoms with Crippen molar-refractivity contribution in [2.24, 2.45) is 0 Å². The van der Waals surface area contributed by atoms with Crippen LogP contribution in [-0.2, 0) is 0 Å². The predicted molar refractivity (Wildman–Crippen MR) is 86.3 cm³/mol. The Morgan fingerprint density at radius 1 is 1.27 bits per heavy atom. The zero-order chi connectivity index (χ0) is 15.3. The van der Waals surface area contributed by atoms with Gasteiger partial charge in [-0.2, -0.15) is 4.98 Å². The maximum atomic E-state index is 12.4. The van der Waals surface area contributed by atoms with E-state index >= 15 is 0 Å². The first-order valence-corrected chi connectivity index (χ1v) is 7.39. The van der Waals surface area contributed by atoms with Gasteiger partial charge in [0.25, 0.3) is 0 Å². The number of fused-ring (bicyclic) bond motifs is 1. The molecule has 2 heterocycles. The molecule has 3 aromatic rings. The summed E-state index contributed by atoms with van der Waals surface area (Å²) in [7, 11) is 0. The third kappa shape index (κ3) is 1.97. The van der Waals surface area contributed by atoms with E-state index in [1.165, 1.54) is 18.4 Å². The van der Waals surface area contributed by atoms with Crippen molar-refractivity contribution >= 4 is 16.7 Å². The fourth-order valence-electron chi connectivity index (χ4n) is 2.88. The average molecular weight is 292 g/mol. The molecule has 22 heavy (non-hydrogen) atoms. The summed E-state index contributed by atoms with van der Waals surface area (Å²) in [6.45, 7) is 1.88. The molecule has 1 aliphatic carbocycles. The molecule has 110 valence electrons. The Bertz CT molecular complexity index is 941. The SMILES string of the molecule is Cc1ncccc1-n1c(=O)nc(N)c2ccc(C3CC3)cc21. The summed E-state index contributed by atoms with van der Waals surface area (Å²) in [5.41, 5.74) is 9.17. The smallest absolute Gasteiger partial charge is 0.354 e. The highest BCUT2D eigenvalue weighted by Crippen LogP contribution is 2.41. The van der Waals surface area contributed by atoms with Crippen molar-refractivity contribution in [1.82, 2.24) is 14.5 Å². The third-order valence-corrected chi connectivity index (χ3v) is 4.21. The Hall–Kier alpha value is -2.69. The number of anilines is 1. The highest BCUT2D eigenvalue weighted by atomic mass is 16.1. The Labute approximate surface area is 127 Å². The van der Waals surface area contributed by atoms with E-state index in [2.05, 4.69) is 22.1 Å². The van der Waals surface area contributed by atoms with Gasteiger partial charge >= 0.3 is 5.69 Å². The molecule has 2 aromatic heterocycles. The van der Waals surface area contributed by atoms with Crippen molar-refractivity contribution in [3.8, 4) is 5.69 Å². The van der Waals surface area contributed by atoms with Crippen LogP contribution in [-0.4, -0.2) is 14.5 Å². The lowest BCUT2D eigenvalue weighted by Gasteiger charge is -2.13. The molecule has 1 fully saturated rings. The fourth-order valence-corrected chi connectivity index (χ4v) is 2.88. The van der Waals surface area contributed by atoms with Crippen LogP contribution in [0, 0.1) is 6.92 Å². The van der Waals surface area contributed by atoms with Crippen molar-refractivity contribution in [2.75, 3.05) is 5.73 Å². The second kappa shape index (κ2) is 4.66. The summed E-state index contributed by atoms with van der Waals surface area (Å²) < 4.78 is 1.61. The number of benzene rings is 1. The molecular weight excluding hydrogens is 276 g/mol. The van der Waals surface area contributed by atoms with E-state index in [4.69, 9.17) is 5.73 Å². The summed E-state index contributed by atoms with van der Waals surface area (Å²) >= 11 is 0. The highest BCUT2D eigenvalue weighted by molar-refractivity contribution is 5.90. The molecule has 0 saturated heterocycles. The van der Waals surface area contributed by atoms with Crippen LogP contribution in [0.2, 0.25) is 0 Å². The second-order valence-corrected chi connectivity index (χ2v) is 5.77. The molecular formula is C17H16N4O. The first kappa shape index (κ1) is 13.0. The van der Waals surface area contributed by atoms with Gasteiger partial charge in [0.1, 0.15) is 5.82 Å². The van der Waals surface area contributed by atoms with Crippen molar-refractivity contribution < 1.29 is 0 Å². The summed E-state index contributed by atoms with van der Waals surface area (Å²) in [5.74, 6) is 0.887. The van der Waals surface area contributed by atoms with Gasteiger partial charge in [0.2, 0.25) is 0 Å². The zero-order valence-corrected chi connectivity index (χ0v) is 12.3. The van der Waals surface area contributed by atoms with Gasteiger partial charge in [-0.3, -0.25) is 9.55 Å². The quantitative estimate of drug-likeness (QED) is 0.787. The number of hydrogen-bond acceptors (Lipinski definition) is 4. The number of aryl methyl sites for hydroxylation is 1. The first-order valence-electron chi connectivity index (χ1n) is 7.39. The minimum Gasteiger partial charge on any atom is -0.383 e. The Balaban J connectivity index is 2.10.